The van der Waals surface area contributed by atoms with E-state index in [4.69, 9.17) is 0 Å². The molecule has 0 aliphatic heterocycles. The number of aromatic nitrogens is 2. The molecule has 17 heavy (non-hydrogen) atoms. The van der Waals surface area contributed by atoms with Gasteiger partial charge in [0.05, 0.1) is 5.69 Å². The summed E-state index contributed by atoms with van der Waals surface area (Å²) in [5, 5.41) is 3.39. The molecule has 0 atom stereocenters. The molecule has 0 spiro atoms. The van der Waals surface area contributed by atoms with Gasteiger partial charge in [-0.3, -0.25) is 0 Å². The third-order valence-electron chi connectivity index (χ3n) is 2.53. The number of hydrogen-bond acceptors (Lipinski definition) is 3. The lowest BCUT2D eigenvalue weighted by Crippen LogP contribution is -2.03. The summed E-state index contributed by atoms with van der Waals surface area (Å²) in [6.07, 6.45) is 7.03. The van der Waals surface area contributed by atoms with Gasteiger partial charge in [0.2, 0.25) is 5.95 Å². The normalized spacial score (nSPS) is 10.5. The van der Waals surface area contributed by atoms with Crippen LogP contribution in [0.4, 0.5) is 11.6 Å². The lowest BCUT2D eigenvalue weighted by atomic mass is 10.3. The van der Waals surface area contributed by atoms with E-state index in [1.807, 2.05) is 18.5 Å². The van der Waals surface area contributed by atoms with Crippen molar-refractivity contribution in [2.24, 2.45) is 0 Å². The fourth-order valence-corrected chi connectivity index (χ4v) is 2.28. The summed E-state index contributed by atoms with van der Waals surface area (Å²) in [5.74, 6) is 0.911. The van der Waals surface area contributed by atoms with Crippen LogP contribution in [0.25, 0.3) is 0 Å². The van der Waals surface area contributed by atoms with Crippen LogP contribution in [-0.4, -0.2) is 15.8 Å². The van der Waals surface area contributed by atoms with Gasteiger partial charge in [0, 0.05) is 23.8 Å². The average Bonchev–Trinajstić information content (AvgIpc) is 2.78. The molecule has 0 saturated carbocycles. The number of nitrogens with one attached hydrogen (secondary N) is 1. The van der Waals surface area contributed by atoms with Gasteiger partial charge in [0.15, 0.2) is 0 Å². The third kappa shape index (κ3) is 2.82. The van der Waals surface area contributed by atoms with E-state index < -0.39 is 0 Å². The number of thioether (sulfide) groups is 1. The second-order valence-corrected chi connectivity index (χ2v) is 4.62. The Morgan fingerprint density at radius 2 is 2.18 bits per heavy atom. The van der Waals surface area contributed by atoms with Gasteiger partial charge in [-0.2, -0.15) is 0 Å². The highest BCUT2D eigenvalue weighted by Crippen LogP contribution is 2.27. The van der Waals surface area contributed by atoms with Crippen LogP contribution < -0.4 is 5.32 Å². The Balaban J connectivity index is 2.22. The Hall–Kier alpha value is -1.42. The van der Waals surface area contributed by atoms with Crippen LogP contribution in [0.15, 0.2) is 41.6 Å². The van der Waals surface area contributed by atoms with E-state index >= 15 is 0 Å². The fraction of sp³-hybridized carbons (Fsp3) is 0.308. The summed E-state index contributed by atoms with van der Waals surface area (Å²) in [4.78, 5) is 5.58. The summed E-state index contributed by atoms with van der Waals surface area (Å²) in [6.45, 7) is 3.16. The first-order valence-electron chi connectivity index (χ1n) is 5.76. The quantitative estimate of drug-likeness (QED) is 0.816. The van der Waals surface area contributed by atoms with Crippen molar-refractivity contribution in [1.82, 2.24) is 9.55 Å². The molecule has 4 heteroatoms. The number of hydrogen-bond donors (Lipinski definition) is 1. The Labute approximate surface area is 106 Å². The SMILES string of the molecule is CCCn1ccnc1Nc1ccccc1SC. The van der Waals surface area contributed by atoms with E-state index in [9.17, 15) is 0 Å². The zero-order valence-corrected chi connectivity index (χ0v) is 11.0. The number of para-hydroxylation sites is 1. The van der Waals surface area contributed by atoms with E-state index in [0.29, 0.717) is 0 Å². The monoisotopic (exact) mass is 247 g/mol. The minimum Gasteiger partial charge on any atom is -0.325 e. The first kappa shape index (κ1) is 12.0. The summed E-state index contributed by atoms with van der Waals surface area (Å²) in [6, 6.07) is 8.28. The van der Waals surface area contributed by atoms with Crippen molar-refractivity contribution in [3.05, 3.63) is 36.7 Å². The molecule has 0 amide bonds. The Kier molecular flexibility index (Phi) is 4.09. The lowest BCUT2D eigenvalue weighted by Gasteiger charge is -2.11. The molecule has 0 saturated heterocycles. The van der Waals surface area contributed by atoms with Crippen LogP contribution in [-0.2, 0) is 6.54 Å². The molecule has 0 radical (unpaired) electrons. The molecule has 0 fully saturated rings. The van der Waals surface area contributed by atoms with Gasteiger partial charge in [-0.1, -0.05) is 19.1 Å². The number of aryl methyl sites for hydroxylation is 1. The topological polar surface area (TPSA) is 29.9 Å². The highest BCUT2D eigenvalue weighted by Gasteiger charge is 2.05. The second kappa shape index (κ2) is 5.77. The fourth-order valence-electron chi connectivity index (χ4n) is 1.72. The highest BCUT2D eigenvalue weighted by atomic mass is 32.2. The maximum Gasteiger partial charge on any atom is 0.207 e. The molecule has 0 aliphatic rings. The lowest BCUT2D eigenvalue weighted by molar-refractivity contribution is 0.686. The van der Waals surface area contributed by atoms with Gasteiger partial charge < -0.3 is 9.88 Å². The van der Waals surface area contributed by atoms with Gasteiger partial charge >= 0.3 is 0 Å². The molecule has 1 heterocycles. The van der Waals surface area contributed by atoms with E-state index in [1.54, 1.807) is 11.8 Å². The molecule has 3 nitrogen and oxygen atoms in total. The zero-order chi connectivity index (χ0) is 12.1. The van der Waals surface area contributed by atoms with E-state index in [0.717, 1.165) is 24.6 Å². The van der Waals surface area contributed by atoms with Gasteiger partial charge in [-0.25, -0.2) is 4.98 Å². The number of nitrogens with zero attached hydrogens (tertiary/aromatic N) is 2. The molecule has 1 aromatic carbocycles. The average molecular weight is 247 g/mol. The standard InChI is InChI=1S/C13H17N3S/c1-3-9-16-10-8-14-13(16)15-11-6-4-5-7-12(11)17-2/h4-8,10H,3,9H2,1-2H3,(H,14,15). The Morgan fingerprint density at radius 3 is 2.94 bits per heavy atom. The van der Waals surface area contributed by atoms with Crippen molar-refractivity contribution < 1.29 is 0 Å². The molecular formula is C13H17N3S. The predicted octanol–water partition coefficient (Wildman–Crippen LogP) is 3.76. The molecule has 1 N–H and O–H groups in total. The van der Waals surface area contributed by atoms with Crippen molar-refractivity contribution in [3.8, 4) is 0 Å². The minimum absolute atomic E-state index is 0.911. The second-order valence-electron chi connectivity index (χ2n) is 3.77. The number of imidazole rings is 1. The molecule has 0 unspecified atom stereocenters. The molecule has 0 bridgehead atoms. The summed E-state index contributed by atoms with van der Waals surface area (Å²) >= 11 is 1.74. The number of anilines is 2. The predicted molar refractivity (Wildman–Crippen MR) is 74.0 cm³/mol. The smallest absolute Gasteiger partial charge is 0.207 e. The van der Waals surface area contributed by atoms with Crippen molar-refractivity contribution in [3.63, 3.8) is 0 Å². The van der Waals surface area contributed by atoms with E-state index in [1.165, 1.54) is 4.90 Å². The first-order chi connectivity index (χ1) is 8.35. The Morgan fingerprint density at radius 1 is 1.35 bits per heavy atom. The van der Waals surface area contributed by atoms with Gasteiger partial charge in [0.1, 0.15) is 0 Å². The van der Waals surface area contributed by atoms with E-state index in [-0.39, 0.29) is 0 Å². The molecule has 90 valence electrons. The number of rotatable bonds is 5. The van der Waals surface area contributed by atoms with Crippen LogP contribution in [0.5, 0.6) is 0 Å². The minimum atomic E-state index is 0.911. The Bertz CT molecular complexity index is 479. The maximum atomic E-state index is 4.35. The van der Waals surface area contributed by atoms with Crippen LogP contribution in [0.3, 0.4) is 0 Å². The van der Waals surface area contributed by atoms with Crippen molar-refractivity contribution in [1.29, 1.82) is 0 Å². The van der Waals surface area contributed by atoms with Gasteiger partial charge in [-0.15, -0.1) is 11.8 Å². The van der Waals surface area contributed by atoms with Crippen LogP contribution in [0, 0.1) is 0 Å². The summed E-state index contributed by atoms with van der Waals surface area (Å²) < 4.78 is 2.14. The van der Waals surface area contributed by atoms with Crippen LogP contribution in [0.2, 0.25) is 0 Å². The highest BCUT2D eigenvalue weighted by molar-refractivity contribution is 7.98. The molecule has 1 aromatic heterocycles. The first-order valence-corrected chi connectivity index (χ1v) is 6.98. The zero-order valence-electron chi connectivity index (χ0n) is 10.2. The largest absolute Gasteiger partial charge is 0.325 e. The van der Waals surface area contributed by atoms with E-state index in [2.05, 4.69) is 46.2 Å². The van der Waals surface area contributed by atoms with Gasteiger partial charge in [0.25, 0.3) is 0 Å². The molecular weight excluding hydrogens is 230 g/mol. The van der Waals surface area contributed by atoms with Crippen molar-refractivity contribution in [2.75, 3.05) is 11.6 Å². The van der Waals surface area contributed by atoms with Crippen LogP contribution >= 0.6 is 11.8 Å². The maximum absolute atomic E-state index is 4.35. The molecule has 2 aromatic rings. The van der Waals surface area contributed by atoms with Gasteiger partial charge in [-0.05, 0) is 24.8 Å². The molecule has 2 rings (SSSR count). The number of benzene rings is 1. The third-order valence-corrected chi connectivity index (χ3v) is 3.33. The summed E-state index contributed by atoms with van der Waals surface area (Å²) in [7, 11) is 0. The molecule has 0 aliphatic carbocycles. The van der Waals surface area contributed by atoms with Crippen molar-refractivity contribution >= 4 is 23.4 Å². The van der Waals surface area contributed by atoms with Crippen molar-refractivity contribution in [2.45, 2.75) is 24.8 Å². The van der Waals surface area contributed by atoms with Crippen LogP contribution in [0.1, 0.15) is 13.3 Å². The summed E-state index contributed by atoms with van der Waals surface area (Å²) in [5.41, 5.74) is 1.11.